The highest BCUT2D eigenvalue weighted by atomic mass is 35.5. The standard InChI is InChI=1S/C14H22N2O2S.ClH/c1-10-5-6-14(11(2)9-10)19(17,18)16-8-7-15-12(3)13(16)4;/h5-6,9,12-13,15H,7-8H2,1-4H3;1H. The highest BCUT2D eigenvalue weighted by molar-refractivity contribution is 7.89. The summed E-state index contributed by atoms with van der Waals surface area (Å²) < 4.78 is 27.2. The van der Waals surface area contributed by atoms with Crippen molar-refractivity contribution in [3.05, 3.63) is 29.3 Å². The average Bonchev–Trinajstić information content (AvgIpc) is 2.31. The van der Waals surface area contributed by atoms with E-state index in [1.807, 2.05) is 39.8 Å². The number of hydrogen-bond acceptors (Lipinski definition) is 3. The molecule has 4 nitrogen and oxygen atoms in total. The third-order valence-electron chi connectivity index (χ3n) is 3.89. The van der Waals surface area contributed by atoms with Gasteiger partial charge in [0.25, 0.3) is 0 Å². The van der Waals surface area contributed by atoms with Crippen molar-refractivity contribution in [2.75, 3.05) is 13.1 Å². The molecule has 0 radical (unpaired) electrons. The predicted molar refractivity (Wildman–Crippen MR) is 84.0 cm³/mol. The van der Waals surface area contributed by atoms with E-state index in [0.29, 0.717) is 18.0 Å². The van der Waals surface area contributed by atoms with E-state index in [2.05, 4.69) is 5.32 Å². The van der Waals surface area contributed by atoms with Crippen LogP contribution in [0.4, 0.5) is 0 Å². The van der Waals surface area contributed by atoms with Gasteiger partial charge in [0.05, 0.1) is 4.90 Å². The van der Waals surface area contributed by atoms with E-state index in [-0.39, 0.29) is 24.5 Å². The van der Waals surface area contributed by atoms with Crippen LogP contribution in [0.25, 0.3) is 0 Å². The Morgan fingerprint density at radius 1 is 1.25 bits per heavy atom. The zero-order valence-electron chi connectivity index (χ0n) is 12.4. The molecule has 0 bridgehead atoms. The lowest BCUT2D eigenvalue weighted by atomic mass is 10.1. The molecule has 1 fully saturated rings. The number of nitrogens with one attached hydrogen (secondary N) is 1. The number of rotatable bonds is 2. The third kappa shape index (κ3) is 3.17. The first kappa shape index (κ1) is 17.4. The van der Waals surface area contributed by atoms with Gasteiger partial charge in [-0.15, -0.1) is 12.4 Å². The molecule has 2 atom stereocenters. The topological polar surface area (TPSA) is 49.4 Å². The van der Waals surface area contributed by atoms with Gasteiger partial charge in [-0.3, -0.25) is 0 Å². The normalized spacial score (nSPS) is 24.2. The van der Waals surface area contributed by atoms with Crippen LogP contribution in [0.3, 0.4) is 0 Å². The number of hydrogen-bond donors (Lipinski definition) is 1. The first-order valence-corrected chi connectivity index (χ1v) is 8.10. The van der Waals surface area contributed by atoms with Crippen molar-refractivity contribution >= 4 is 22.4 Å². The molecule has 0 saturated carbocycles. The lowest BCUT2D eigenvalue weighted by Gasteiger charge is -2.37. The average molecular weight is 319 g/mol. The molecule has 2 unspecified atom stereocenters. The molecule has 0 amide bonds. The fraction of sp³-hybridized carbons (Fsp3) is 0.571. The van der Waals surface area contributed by atoms with E-state index in [4.69, 9.17) is 0 Å². The SMILES string of the molecule is Cc1ccc(S(=O)(=O)N2CCNC(C)C2C)c(C)c1.Cl. The minimum absolute atomic E-state index is 0. The van der Waals surface area contributed by atoms with Gasteiger partial charge in [-0.2, -0.15) is 4.31 Å². The summed E-state index contributed by atoms with van der Waals surface area (Å²) >= 11 is 0. The molecule has 20 heavy (non-hydrogen) atoms. The second kappa shape index (κ2) is 6.43. The molecule has 2 rings (SSSR count). The van der Waals surface area contributed by atoms with Gasteiger partial charge in [-0.1, -0.05) is 17.7 Å². The molecular formula is C14H23ClN2O2S. The summed E-state index contributed by atoms with van der Waals surface area (Å²) in [6.45, 7) is 9.04. The first-order chi connectivity index (χ1) is 8.84. The van der Waals surface area contributed by atoms with Crippen LogP contribution in [-0.4, -0.2) is 37.9 Å². The van der Waals surface area contributed by atoms with E-state index in [1.165, 1.54) is 0 Å². The molecule has 1 aliphatic heterocycles. The summed E-state index contributed by atoms with van der Waals surface area (Å²) in [7, 11) is -3.40. The van der Waals surface area contributed by atoms with E-state index in [9.17, 15) is 8.42 Å². The summed E-state index contributed by atoms with van der Waals surface area (Å²) in [4.78, 5) is 0.430. The smallest absolute Gasteiger partial charge is 0.243 e. The van der Waals surface area contributed by atoms with E-state index >= 15 is 0 Å². The molecule has 1 heterocycles. The van der Waals surface area contributed by atoms with E-state index in [1.54, 1.807) is 10.4 Å². The van der Waals surface area contributed by atoms with Crippen LogP contribution in [0, 0.1) is 13.8 Å². The quantitative estimate of drug-likeness (QED) is 0.908. The monoisotopic (exact) mass is 318 g/mol. The van der Waals surface area contributed by atoms with Crippen molar-refractivity contribution in [2.45, 2.75) is 44.7 Å². The van der Waals surface area contributed by atoms with Gasteiger partial charge in [0.15, 0.2) is 0 Å². The van der Waals surface area contributed by atoms with E-state index < -0.39 is 10.0 Å². The second-order valence-corrected chi connectivity index (χ2v) is 7.23. The van der Waals surface area contributed by atoms with Gasteiger partial charge >= 0.3 is 0 Å². The van der Waals surface area contributed by atoms with Gasteiger partial charge in [-0.25, -0.2) is 8.42 Å². The van der Waals surface area contributed by atoms with Gasteiger partial charge in [0, 0.05) is 25.2 Å². The van der Waals surface area contributed by atoms with Gasteiger partial charge < -0.3 is 5.32 Å². The minimum Gasteiger partial charge on any atom is -0.311 e. The molecule has 1 aromatic rings. The number of benzene rings is 1. The first-order valence-electron chi connectivity index (χ1n) is 6.66. The molecule has 6 heteroatoms. The number of nitrogens with zero attached hydrogens (tertiary/aromatic N) is 1. The van der Waals surface area contributed by atoms with Crippen LogP contribution >= 0.6 is 12.4 Å². The van der Waals surface area contributed by atoms with Crippen molar-refractivity contribution in [3.8, 4) is 0 Å². The van der Waals surface area contributed by atoms with Gasteiger partial charge in [-0.05, 0) is 39.3 Å². The Morgan fingerprint density at radius 3 is 2.50 bits per heavy atom. The van der Waals surface area contributed by atoms with Crippen LogP contribution in [0.15, 0.2) is 23.1 Å². The maximum atomic E-state index is 12.8. The maximum Gasteiger partial charge on any atom is 0.243 e. The third-order valence-corrected chi connectivity index (χ3v) is 6.04. The Hall–Kier alpha value is -0.620. The summed E-state index contributed by atoms with van der Waals surface area (Å²) in [5, 5.41) is 3.30. The molecular weight excluding hydrogens is 296 g/mol. The molecule has 1 aliphatic rings. The van der Waals surface area contributed by atoms with Crippen LogP contribution < -0.4 is 5.32 Å². The van der Waals surface area contributed by atoms with Crippen molar-refractivity contribution in [3.63, 3.8) is 0 Å². The fourth-order valence-corrected chi connectivity index (χ4v) is 4.49. The highest BCUT2D eigenvalue weighted by Crippen LogP contribution is 2.24. The van der Waals surface area contributed by atoms with Gasteiger partial charge in [0.2, 0.25) is 10.0 Å². The summed E-state index contributed by atoms with van der Waals surface area (Å²) in [6.07, 6.45) is 0. The van der Waals surface area contributed by atoms with Crippen molar-refractivity contribution in [1.29, 1.82) is 0 Å². The largest absolute Gasteiger partial charge is 0.311 e. The molecule has 0 aliphatic carbocycles. The number of sulfonamides is 1. The molecule has 114 valence electrons. The Balaban J connectivity index is 0.00000200. The number of piperazine rings is 1. The second-order valence-electron chi connectivity index (χ2n) is 5.37. The minimum atomic E-state index is -3.40. The fourth-order valence-electron chi connectivity index (χ4n) is 2.58. The van der Waals surface area contributed by atoms with Crippen LogP contribution in [0.2, 0.25) is 0 Å². The zero-order chi connectivity index (χ0) is 14.2. The Morgan fingerprint density at radius 2 is 1.90 bits per heavy atom. The number of halogens is 1. The molecule has 1 aromatic carbocycles. The van der Waals surface area contributed by atoms with Crippen LogP contribution in [0.5, 0.6) is 0 Å². The lowest BCUT2D eigenvalue weighted by molar-refractivity contribution is 0.233. The van der Waals surface area contributed by atoms with Crippen molar-refractivity contribution in [2.24, 2.45) is 0 Å². The van der Waals surface area contributed by atoms with Crippen molar-refractivity contribution in [1.82, 2.24) is 9.62 Å². The van der Waals surface area contributed by atoms with E-state index in [0.717, 1.165) is 11.1 Å². The predicted octanol–water partition coefficient (Wildman–Crippen LogP) is 2.10. The molecule has 1 saturated heterocycles. The summed E-state index contributed by atoms with van der Waals surface area (Å²) in [5.74, 6) is 0. The molecule has 0 aromatic heterocycles. The highest BCUT2D eigenvalue weighted by Gasteiger charge is 2.34. The Bertz CT molecular complexity index is 575. The van der Waals surface area contributed by atoms with Crippen LogP contribution in [-0.2, 0) is 10.0 Å². The van der Waals surface area contributed by atoms with Gasteiger partial charge in [0.1, 0.15) is 0 Å². The lowest BCUT2D eigenvalue weighted by Crippen LogP contribution is -2.57. The van der Waals surface area contributed by atoms with Crippen LogP contribution in [0.1, 0.15) is 25.0 Å². The summed E-state index contributed by atoms with van der Waals surface area (Å²) in [5.41, 5.74) is 1.90. The summed E-state index contributed by atoms with van der Waals surface area (Å²) in [6, 6.07) is 5.65. The molecule has 0 spiro atoms. The maximum absolute atomic E-state index is 12.8. The number of aryl methyl sites for hydroxylation is 2. The Kier molecular flexibility index (Phi) is 5.61. The van der Waals surface area contributed by atoms with Crippen molar-refractivity contribution < 1.29 is 8.42 Å². The molecule has 1 N–H and O–H groups in total. The zero-order valence-corrected chi connectivity index (χ0v) is 14.0. The Labute approximate surface area is 128 Å².